The van der Waals surface area contributed by atoms with Gasteiger partial charge in [0.25, 0.3) is 11.5 Å². The maximum atomic E-state index is 13.9. The van der Waals surface area contributed by atoms with Gasteiger partial charge in [0, 0.05) is 5.69 Å². The minimum atomic E-state index is -0.632. The van der Waals surface area contributed by atoms with Crippen molar-refractivity contribution in [2.75, 3.05) is 12.4 Å². The molecule has 0 radical (unpaired) electrons. The highest BCUT2D eigenvalue weighted by atomic mass is 35.5. The molecule has 2 heterocycles. The summed E-state index contributed by atoms with van der Waals surface area (Å²) in [5.74, 6) is 0.622. The monoisotopic (exact) mass is 557 g/mol. The van der Waals surface area contributed by atoms with Gasteiger partial charge in [0.05, 0.1) is 34.0 Å². The van der Waals surface area contributed by atoms with Gasteiger partial charge < -0.3 is 10.1 Å². The highest BCUT2D eigenvalue weighted by Crippen LogP contribution is 2.32. The molecule has 0 bridgehead atoms. The van der Waals surface area contributed by atoms with Gasteiger partial charge in [0.2, 0.25) is 0 Å². The van der Waals surface area contributed by atoms with E-state index < -0.39 is 6.04 Å². The number of fused-ring (bicyclic) bond motifs is 1. The number of nitrogens with zero attached hydrogens (tertiary/aromatic N) is 2. The lowest BCUT2D eigenvalue weighted by Crippen LogP contribution is -2.40. The fraction of sp³-hybridized carbons (Fsp3) is 0.194. The molecule has 4 aromatic rings. The van der Waals surface area contributed by atoms with Crippen LogP contribution >= 0.6 is 22.9 Å². The molecular weight excluding hydrogens is 530 g/mol. The van der Waals surface area contributed by atoms with Gasteiger partial charge in [-0.05, 0) is 59.9 Å². The van der Waals surface area contributed by atoms with Crippen LogP contribution in [0.15, 0.2) is 93.9 Å². The maximum Gasteiger partial charge on any atom is 0.271 e. The summed E-state index contributed by atoms with van der Waals surface area (Å²) in [6.07, 6.45) is 1.79. The Morgan fingerprint density at radius 3 is 2.46 bits per heavy atom. The van der Waals surface area contributed by atoms with E-state index in [1.165, 1.54) is 16.9 Å². The fourth-order valence-electron chi connectivity index (χ4n) is 4.63. The van der Waals surface area contributed by atoms with Crippen LogP contribution in [0.25, 0.3) is 6.08 Å². The van der Waals surface area contributed by atoms with E-state index in [2.05, 4.69) is 31.3 Å². The predicted octanol–water partition coefficient (Wildman–Crippen LogP) is 5.66. The number of benzene rings is 3. The van der Waals surface area contributed by atoms with Gasteiger partial charge in [0.1, 0.15) is 5.75 Å². The van der Waals surface area contributed by atoms with Crippen molar-refractivity contribution in [1.29, 1.82) is 0 Å². The minimum Gasteiger partial charge on any atom is -0.495 e. The van der Waals surface area contributed by atoms with E-state index in [0.717, 1.165) is 11.1 Å². The van der Waals surface area contributed by atoms with Crippen molar-refractivity contribution in [2.45, 2.75) is 32.7 Å². The summed E-state index contributed by atoms with van der Waals surface area (Å²) >= 11 is 7.61. The number of nitrogens with one attached hydrogen (secondary N) is 1. The zero-order valence-electron chi connectivity index (χ0n) is 22.1. The van der Waals surface area contributed by atoms with Crippen LogP contribution in [0, 0.1) is 0 Å². The van der Waals surface area contributed by atoms with Crippen molar-refractivity contribution < 1.29 is 9.53 Å². The Morgan fingerprint density at radius 2 is 1.82 bits per heavy atom. The lowest BCUT2D eigenvalue weighted by Gasteiger charge is -2.25. The maximum absolute atomic E-state index is 13.9. The number of aromatic nitrogens is 1. The number of hydrogen-bond acceptors (Lipinski definition) is 5. The second-order valence-electron chi connectivity index (χ2n) is 9.62. The molecule has 1 atom stereocenters. The van der Waals surface area contributed by atoms with E-state index in [4.69, 9.17) is 21.3 Å². The van der Waals surface area contributed by atoms with Crippen molar-refractivity contribution >= 4 is 40.6 Å². The molecule has 0 saturated carbocycles. The Kier molecular flexibility index (Phi) is 7.55. The molecule has 0 aliphatic carbocycles. The second kappa shape index (κ2) is 11.0. The number of rotatable bonds is 6. The second-order valence-corrected chi connectivity index (χ2v) is 11.0. The molecule has 39 heavy (non-hydrogen) atoms. The number of allylic oxidation sites excluding steroid dienone is 1. The minimum absolute atomic E-state index is 0.221. The first kappa shape index (κ1) is 26.7. The summed E-state index contributed by atoms with van der Waals surface area (Å²) < 4.78 is 7.37. The molecule has 0 unspecified atom stereocenters. The number of anilines is 1. The van der Waals surface area contributed by atoms with Gasteiger partial charge in [-0.25, -0.2) is 4.99 Å². The molecule has 3 aromatic carbocycles. The fourth-order valence-corrected chi connectivity index (χ4v) is 5.95. The Labute approximate surface area is 235 Å². The third kappa shape index (κ3) is 5.33. The topological polar surface area (TPSA) is 72.7 Å². The van der Waals surface area contributed by atoms with E-state index in [9.17, 15) is 9.59 Å². The zero-order valence-corrected chi connectivity index (χ0v) is 23.6. The van der Waals surface area contributed by atoms with Crippen LogP contribution < -0.4 is 24.9 Å². The molecule has 6 nitrogen and oxygen atoms in total. The summed E-state index contributed by atoms with van der Waals surface area (Å²) in [7, 11) is 1.56. The molecule has 0 saturated heterocycles. The number of thiazole rings is 1. The summed E-state index contributed by atoms with van der Waals surface area (Å²) in [5.41, 5.74) is 4.24. The molecule has 1 aromatic heterocycles. The lowest BCUT2D eigenvalue weighted by atomic mass is 9.93. The average molecular weight is 558 g/mol. The first-order valence-electron chi connectivity index (χ1n) is 12.6. The van der Waals surface area contributed by atoms with E-state index in [-0.39, 0.29) is 11.5 Å². The number of para-hydroxylation sites is 1. The number of halogens is 1. The van der Waals surface area contributed by atoms with Gasteiger partial charge in [-0.2, -0.15) is 0 Å². The van der Waals surface area contributed by atoms with Crippen LogP contribution in [0.4, 0.5) is 5.69 Å². The van der Waals surface area contributed by atoms with E-state index in [1.54, 1.807) is 29.9 Å². The number of carbonyl (C=O) groups is 1. The Bertz CT molecular complexity index is 1750. The van der Waals surface area contributed by atoms with Gasteiger partial charge in [0.15, 0.2) is 4.80 Å². The summed E-state index contributed by atoms with van der Waals surface area (Å²) in [6.45, 7) is 6.08. The van der Waals surface area contributed by atoms with Gasteiger partial charge >= 0.3 is 0 Å². The number of amides is 1. The van der Waals surface area contributed by atoms with Gasteiger partial charge in [-0.15, -0.1) is 0 Å². The van der Waals surface area contributed by atoms with Crippen molar-refractivity contribution in [1.82, 2.24) is 4.57 Å². The van der Waals surface area contributed by atoms with Crippen molar-refractivity contribution in [3.63, 3.8) is 0 Å². The van der Waals surface area contributed by atoms with Crippen molar-refractivity contribution in [3.05, 3.63) is 125 Å². The largest absolute Gasteiger partial charge is 0.495 e. The van der Waals surface area contributed by atoms with Crippen LogP contribution in [-0.2, 0) is 4.79 Å². The first-order valence-corrected chi connectivity index (χ1v) is 13.8. The quantitative estimate of drug-likeness (QED) is 0.332. The molecule has 198 valence electrons. The SMILES string of the molecule is COc1ccc(/C=c2/sc3n(c2=O)[C@H](c2ccc(C(C)C)cc2)C(C(=O)Nc2ccccc2)=C(C)N=3)cc1Cl. The summed E-state index contributed by atoms with van der Waals surface area (Å²) in [6, 6.07) is 22.1. The molecule has 0 fully saturated rings. The third-order valence-electron chi connectivity index (χ3n) is 6.69. The van der Waals surface area contributed by atoms with Crippen LogP contribution in [0.5, 0.6) is 5.75 Å². The molecule has 1 N–H and O–H groups in total. The first-order chi connectivity index (χ1) is 18.8. The molecule has 1 aliphatic heterocycles. The van der Waals surface area contributed by atoms with Gasteiger partial charge in [-0.1, -0.05) is 85.3 Å². The molecule has 0 spiro atoms. The molecule has 5 rings (SSSR count). The predicted molar refractivity (Wildman–Crippen MR) is 157 cm³/mol. The molecular formula is C31H28ClN3O3S. The number of ether oxygens (including phenoxy) is 1. The van der Waals surface area contributed by atoms with Crippen molar-refractivity contribution in [3.8, 4) is 5.75 Å². The number of methoxy groups -OCH3 is 1. The van der Waals surface area contributed by atoms with E-state index >= 15 is 0 Å². The van der Waals surface area contributed by atoms with Crippen LogP contribution in [0.3, 0.4) is 0 Å². The highest BCUT2D eigenvalue weighted by Gasteiger charge is 2.32. The van der Waals surface area contributed by atoms with Crippen molar-refractivity contribution in [2.24, 2.45) is 4.99 Å². The van der Waals surface area contributed by atoms with E-state index in [0.29, 0.717) is 43.0 Å². The molecule has 8 heteroatoms. The van der Waals surface area contributed by atoms with E-state index in [1.807, 2.05) is 55.5 Å². The Balaban J connectivity index is 1.66. The van der Waals surface area contributed by atoms with Gasteiger partial charge in [-0.3, -0.25) is 14.2 Å². The normalized spacial score (nSPS) is 15.2. The lowest BCUT2D eigenvalue weighted by molar-refractivity contribution is -0.113. The summed E-state index contributed by atoms with van der Waals surface area (Å²) in [4.78, 5) is 32.8. The smallest absolute Gasteiger partial charge is 0.271 e. The standard InChI is InChI=1S/C31H28ClN3O3S/c1-18(2)21-11-13-22(14-12-21)28-27(29(36)34-23-8-6-5-7-9-23)19(3)33-31-35(28)30(37)26(39-31)17-20-10-15-25(38-4)24(32)16-20/h5-18,28H,1-4H3,(H,34,36)/b26-17+/t28-/m1/s1. The molecule has 1 amide bonds. The number of carbonyl (C=O) groups excluding carboxylic acids is 1. The Morgan fingerprint density at radius 1 is 1.10 bits per heavy atom. The highest BCUT2D eigenvalue weighted by molar-refractivity contribution is 7.07. The molecule has 1 aliphatic rings. The summed E-state index contributed by atoms with van der Waals surface area (Å²) in [5, 5.41) is 3.44. The third-order valence-corrected chi connectivity index (χ3v) is 7.97. The number of hydrogen-bond donors (Lipinski definition) is 1. The zero-order chi connectivity index (χ0) is 27.7. The van der Waals surface area contributed by atoms with Crippen LogP contribution in [0.2, 0.25) is 5.02 Å². The van der Waals surface area contributed by atoms with Crippen LogP contribution in [0.1, 0.15) is 49.4 Å². The Hall–Kier alpha value is -3.94. The van der Waals surface area contributed by atoms with Crippen LogP contribution in [-0.4, -0.2) is 17.6 Å². The average Bonchev–Trinajstić information content (AvgIpc) is 3.22.